The number of alkyl halides is 3. The second kappa shape index (κ2) is 10.4. The average molecular weight is 523 g/mol. The van der Waals surface area contributed by atoms with Gasteiger partial charge in [0.15, 0.2) is 0 Å². The summed E-state index contributed by atoms with van der Waals surface area (Å²) in [6.45, 7) is 6.23. The maximum atomic E-state index is 13.7. The van der Waals surface area contributed by atoms with E-state index in [1.54, 1.807) is 50.2 Å². The number of halogens is 4. The first-order valence-electron chi connectivity index (χ1n) is 11.0. The van der Waals surface area contributed by atoms with E-state index in [1.807, 2.05) is 13.8 Å². The van der Waals surface area contributed by atoms with Crippen LogP contribution in [0.1, 0.15) is 33.4 Å². The molecule has 0 spiro atoms. The SMILES string of the molecule is Cc1ccc(CN(CC(=O)Nc2ccc(F)c(C(F)(F)F)c2)S(=O)(=O)c2c(C)cc(C)cc2C)cc1. The molecule has 0 fully saturated rings. The third kappa shape index (κ3) is 6.30. The van der Waals surface area contributed by atoms with E-state index >= 15 is 0 Å². The summed E-state index contributed by atoms with van der Waals surface area (Å²) >= 11 is 0. The van der Waals surface area contributed by atoms with Crippen molar-refractivity contribution in [1.29, 1.82) is 0 Å². The zero-order chi connectivity index (χ0) is 26.8. The highest BCUT2D eigenvalue weighted by Gasteiger charge is 2.35. The van der Waals surface area contributed by atoms with Gasteiger partial charge in [0.05, 0.1) is 17.0 Å². The lowest BCUT2D eigenvalue weighted by Crippen LogP contribution is -2.38. The molecule has 0 heterocycles. The lowest BCUT2D eigenvalue weighted by Gasteiger charge is -2.24. The molecular formula is C26H26F4N2O3S. The van der Waals surface area contributed by atoms with Gasteiger partial charge in [0.2, 0.25) is 15.9 Å². The molecule has 1 N–H and O–H groups in total. The van der Waals surface area contributed by atoms with Gasteiger partial charge in [-0.3, -0.25) is 4.79 Å². The highest BCUT2D eigenvalue weighted by atomic mass is 32.2. The first-order valence-corrected chi connectivity index (χ1v) is 12.4. The van der Waals surface area contributed by atoms with Crippen LogP contribution in [0.2, 0.25) is 0 Å². The number of rotatable bonds is 7. The fourth-order valence-electron chi connectivity index (χ4n) is 4.01. The first kappa shape index (κ1) is 27.3. The van der Waals surface area contributed by atoms with Gasteiger partial charge < -0.3 is 5.32 Å². The molecular weight excluding hydrogens is 496 g/mol. The van der Waals surface area contributed by atoms with E-state index < -0.39 is 40.0 Å². The van der Waals surface area contributed by atoms with Gasteiger partial charge >= 0.3 is 6.18 Å². The standard InChI is InChI=1S/C26H26F4N2O3S/c1-16-5-7-20(8-6-16)14-32(36(34,35)25-18(3)11-17(2)12-19(25)4)15-24(33)31-21-9-10-23(27)22(13-21)26(28,29)30/h5-13H,14-15H2,1-4H3,(H,31,33). The Morgan fingerprint density at radius 3 is 2.03 bits per heavy atom. The number of nitrogens with zero attached hydrogens (tertiary/aromatic N) is 1. The normalized spacial score (nSPS) is 12.1. The molecule has 192 valence electrons. The van der Waals surface area contributed by atoms with Crippen molar-refractivity contribution in [2.45, 2.75) is 45.3 Å². The molecule has 0 atom stereocenters. The zero-order valence-electron chi connectivity index (χ0n) is 20.2. The van der Waals surface area contributed by atoms with Crippen LogP contribution in [0.4, 0.5) is 23.2 Å². The van der Waals surface area contributed by atoms with Crippen molar-refractivity contribution in [2.24, 2.45) is 0 Å². The number of carbonyl (C=O) groups excluding carboxylic acids is 1. The minimum atomic E-state index is -4.95. The maximum Gasteiger partial charge on any atom is 0.419 e. The van der Waals surface area contributed by atoms with Crippen LogP contribution in [-0.4, -0.2) is 25.2 Å². The van der Waals surface area contributed by atoms with E-state index in [0.29, 0.717) is 28.8 Å². The number of aryl methyl sites for hydroxylation is 4. The van der Waals surface area contributed by atoms with Gasteiger partial charge in [0.25, 0.3) is 0 Å². The van der Waals surface area contributed by atoms with Crippen molar-refractivity contribution in [3.63, 3.8) is 0 Å². The molecule has 10 heteroatoms. The summed E-state index contributed by atoms with van der Waals surface area (Å²) < 4.78 is 81.2. The van der Waals surface area contributed by atoms with Crippen molar-refractivity contribution in [1.82, 2.24) is 4.31 Å². The van der Waals surface area contributed by atoms with E-state index in [-0.39, 0.29) is 17.1 Å². The summed E-state index contributed by atoms with van der Waals surface area (Å²) in [6, 6.07) is 12.6. The molecule has 0 saturated carbocycles. The van der Waals surface area contributed by atoms with Crippen LogP contribution in [0.3, 0.4) is 0 Å². The number of nitrogens with one attached hydrogen (secondary N) is 1. The van der Waals surface area contributed by atoms with E-state index in [2.05, 4.69) is 5.32 Å². The van der Waals surface area contributed by atoms with Crippen molar-refractivity contribution in [2.75, 3.05) is 11.9 Å². The van der Waals surface area contributed by atoms with Gasteiger partial charge in [-0.25, -0.2) is 12.8 Å². The second-order valence-electron chi connectivity index (χ2n) is 8.73. The molecule has 0 saturated heterocycles. The van der Waals surface area contributed by atoms with Crippen LogP contribution in [0.25, 0.3) is 0 Å². The monoisotopic (exact) mass is 522 g/mol. The Bertz CT molecular complexity index is 1360. The third-order valence-corrected chi connectivity index (χ3v) is 7.66. The molecule has 5 nitrogen and oxygen atoms in total. The maximum absolute atomic E-state index is 13.7. The van der Waals surface area contributed by atoms with Gasteiger partial charge in [-0.05, 0) is 62.6 Å². The van der Waals surface area contributed by atoms with Crippen LogP contribution < -0.4 is 5.32 Å². The van der Waals surface area contributed by atoms with Crippen molar-refractivity contribution in [3.8, 4) is 0 Å². The molecule has 0 aliphatic rings. The predicted molar refractivity (Wildman–Crippen MR) is 129 cm³/mol. The smallest absolute Gasteiger partial charge is 0.325 e. The van der Waals surface area contributed by atoms with E-state index in [1.165, 1.54) is 0 Å². The largest absolute Gasteiger partial charge is 0.419 e. The van der Waals surface area contributed by atoms with E-state index in [0.717, 1.165) is 21.5 Å². The lowest BCUT2D eigenvalue weighted by atomic mass is 10.1. The number of hydrogen-bond donors (Lipinski definition) is 1. The molecule has 0 aromatic heterocycles. The molecule has 0 radical (unpaired) electrons. The number of sulfonamides is 1. The fraction of sp³-hybridized carbons (Fsp3) is 0.269. The van der Waals surface area contributed by atoms with Crippen molar-refractivity contribution >= 4 is 21.6 Å². The summed E-state index contributed by atoms with van der Waals surface area (Å²) in [6.07, 6.45) is -4.95. The highest BCUT2D eigenvalue weighted by molar-refractivity contribution is 7.89. The Kier molecular flexibility index (Phi) is 7.90. The molecule has 1 amide bonds. The van der Waals surface area contributed by atoms with Gasteiger partial charge in [-0.15, -0.1) is 0 Å². The Morgan fingerprint density at radius 1 is 0.889 bits per heavy atom. The van der Waals surface area contributed by atoms with Gasteiger partial charge in [-0.2, -0.15) is 17.5 Å². The van der Waals surface area contributed by atoms with Crippen LogP contribution in [0.15, 0.2) is 59.5 Å². The summed E-state index contributed by atoms with van der Waals surface area (Å²) in [5, 5.41) is 2.26. The number of carbonyl (C=O) groups is 1. The van der Waals surface area contributed by atoms with E-state index in [4.69, 9.17) is 0 Å². The predicted octanol–water partition coefficient (Wildman–Crippen LogP) is 5.91. The van der Waals surface area contributed by atoms with Crippen LogP contribution in [-0.2, 0) is 27.5 Å². The fourth-order valence-corrected chi connectivity index (χ4v) is 5.80. The molecule has 0 unspecified atom stereocenters. The minimum Gasteiger partial charge on any atom is -0.325 e. The van der Waals surface area contributed by atoms with Gasteiger partial charge in [-0.1, -0.05) is 47.5 Å². The Labute approximate surface area is 207 Å². The number of amides is 1. The van der Waals surface area contributed by atoms with Crippen LogP contribution in [0, 0.1) is 33.5 Å². The number of benzene rings is 3. The number of anilines is 1. The molecule has 0 aliphatic carbocycles. The van der Waals surface area contributed by atoms with Crippen molar-refractivity contribution in [3.05, 3.63) is 93.8 Å². The van der Waals surface area contributed by atoms with E-state index in [9.17, 15) is 30.8 Å². The minimum absolute atomic E-state index is 0.0640. The second-order valence-corrected chi connectivity index (χ2v) is 10.6. The summed E-state index contributed by atoms with van der Waals surface area (Å²) in [5.74, 6) is -2.35. The first-order chi connectivity index (χ1) is 16.7. The Morgan fingerprint density at radius 2 is 1.47 bits per heavy atom. The van der Waals surface area contributed by atoms with Crippen molar-refractivity contribution < 1.29 is 30.8 Å². The van der Waals surface area contributed by atoms with Gasteiger partial charge in [0.1, 0.15) is 5.82 Å². The summed E-state index contributed by atoms with van der Waals surface area (Å²) in [4.78, 5) is 12.9. The Hall–Kier alpha value is -3.24. The molecule has 3 aromatic rings. The van der Waals surface area contributed by atoms with Crippen LogP contribution >= 0.6 is 0 Å². The lowest BCUT2D eigenvalue weighted by molar-refractivity contribution is -0.140. The quantitative estimate of drug-likeness (QED) is 0.393. The molecule has 0 aliphatic heterocycles. The molecule has 3 aromatic carbocycles. The zero-order valence-corrected chi connectivity index (χ0v) is 21.0. The summed E-state index contributed by atoms with van der Waals surface area (Å²) in [7, 11) is -4.18. The topological polar surface area (TPSA) is 66.5 Å². The average Bonchev–Trinajstić information content (AvgIpc) is 2.74. The highest BCUT2D eigenvalue weighted by Crippen LogP contribution is 2.33. The summed E-state index contributed by atoms with van der Waals surface area (Å²) in [5.41, 5.74) is 1.65. The van der Waals surface area contributed by atoms with Crippen LogP contribution in [0.5, 0.6) is 0 Å². The third-order valence-electron chi connectivity index (χ3n) is 5.56. The van der Waals surface area contributed by atoms with Gasteiger partial charge in [0, 0.05) is 12.2 Å². The number of hydrogen-bond acceptors (Lipinski definition) is 3. The molecule has 0 bridgehead atoms. The Balaban J connectivity index is 1.96. The molecule has 3 rings (SSSR count). The molecule has 36 heavy (non-hydrogen) atoms.